The van der Waals surface area contributed by atoms with E-state index in [9.17, 15) is 9.59 Å². The fourth-order valence-electron chi connectivity index (χ4n) is 4.20. The van der Waals surface area contributed by atoms with Crippen LogP contribution in [0.2, 0.25) is 0 Å². The molecule has 4 rings (SSSR count). The molecule has 26 heavy (non-hydrogen) atoms. The summed E-state index contributed by atoms with van der Waals surface area (Å²) in [5.41, 5.74) is 2.42. The number of nitrogens with one attached hydrogen (secondary N) is 1. The molecule has 1 saturated heterocycles. The van der Waals surface area contributed by atoms with E-state index in [2.05, 4.69) is 15.1 Å². The molecule has 8 heteroatoms. The van der Waals surface area contributed by atoms with Crippen LogP contribution in [0.5, 0.6) is 0 Å². The molecular weight excluding hydrogens is 336 g/mol. The van der Waals surface area contributed by atoms with Crippen molar-refractivity contribution in [2.45, 2.75) is 58.2 Å². The quantitative estimate of drug-likeness (QED) is 0.887. The second-order valence-corrected chi connectivity index (χ2v) is 7.08. The molecule has 2 aromatic heterocycles. The van der Waals surface area contributed by atoms with Crippen LogP contribution < -0.4 is 5.56 Å². The Bertz CT molecular complexity index is 916. The van der Waals surface area contributed by atoms with Gasteiger partial charge < -0.3 is 19.1 Å². The Morgan fingerprint density at radius 3 is 2.77 bits per heavy atom. The van der Waals surface area contributed by atoms with Gasteiger partial charge in [-0.1, -0.05) is 5.16 Å². The van der Waals surface area contributed by atoms with Gasteiger partial charge in [-0.2, -0.15) is 0 Å². The van der Waals surface area contributed by atoms with Gasteiger partial charge >= 0.3 is 0 Å². The maximum atomic E-state index is 13.3. The summed E-state index contributed by atoms with van der Waals surface area (Å²) >= 11 is 0. The fourth-order valence-corrected chi connectivity index (χ4v) is 4.20. The largest absolute Gasteiger partial charge is 0.380 e. The fraction of sp³-hybridized carbons (Fsp3) is 0.556. The lowest BCUT2D eigenvalue weighted by atomic mass is 9.98. The van der Waals surface area contributed by atoms with E-state index in [0.29, 0.717) is 41.2 Å². The first-order valence-electron chi connectivity index (χ1n) is 8.85. The van der Waals surface area contributed by atoms with Crippen LogP contribution in [0.1, 0.15) is 51.7 Å². The lowest BCUT2D eigenvalue weighted by molar-refractivity contribution is 0.0658. The zero-order valence-corrected chi connectivity index (χ0v) is 15.2. The Morgan fingerprint density at radius 2 is 2.04 bits per heavy atom. The van der Waals surface area contributed by atoms with Crippen LogP contribution in [-0.2, 0) is 24.2 Å². The number of rotatable bonds is 3. The Balaban J connectivity index is 1.70. The number of fused-ring (bicyclic) bond motifs is 3. The van der Waals surface area contributed by atoms with Gasteiger partial charge in [0.15, 0.2) is 5.69 Å². The number of methoxy groups -OCH3 is 1. The minimum absolute atomic E-state index is 0.0215. The van der Waals surface area contributed by atoms with Crippen molar-refractivity contribution in [3.63, 3.8) is 0 Å². The first-order valence-corrected chi connectivity index (χ1v) is 8.85. The van der Waals surface area contributed by atoms with Gasteiger partial charge in [0.05, 0.1) is 17.9 Å². The molecule has 8 nitrogen and oxygen atoms in total. The predicted octanol–water partition coefficient (Wildman–Crippen LogP) is 1.29. The van der Waals surface area contributed by atoms with Crippen LogP contribution in [0, 0.1) is 13.8 Å². The first-order chi connectivity index (χ1) is 12.5. The van der Waals surface area contributed by atoms with Crippen molar-refractivity contribution in [1.82, 2.24) is 20.0 Å². The number of ether oxygens (including phenoxy) is 1. The van der Waals surface area contributed by atoms with E-state index >= 15 is 0 Å². The molecule has 1 fully saturated rings. The average Bonchev–Trinajstić information content (AvgIpc) is 3.08. The standard InChI is InChI=1S/C18H22N4O4/c1-9-14(8-25-3)16(21-26-9)18(24)22-11-4-5-12(22)7-15-13(6-11)17(23)20-10(2)19-15/h11-12H,4-8H2,1-3H3,(H,19,20,23)/t11-,12+/m1/s1. The number of hydrogen-bond donors (Lipinski definition) is 1. The zero-order chi connectivity index (χ0) is 18.4. The van der Waals surface area contributed by atoms with E-state index in [4.69, 9.17) is 9.26 Å². The van der Waals surface area contributed by atoms with Crippen LogP contribution in [0.15, 0.2) is 9.32 Å². The van der Waals surface area contributed by atoms with Gasteiger partial charge in [0.25, 0.3) is 11.5 Å². The Labute approximate surface area is 150 Å². The summed E-state index contributed by atoms with van der Waals surface area (Å²) in [5, 5.41) is 3.99. The second kappa shape index (κ2) is 6.35. The van der Waals surface area contributed by atoms with Crippen molar-refractivity contribution in [2.24, 2.45) is 0 Å². The smallest absolute Gasteiger partial charge is 0.276 e. The summed E-state index contributed by atoms with van der Waals surface area (Å²) in [6.45, 7) is 3.83. The molecule has 0 aromatic carbocycles. The Hall–Kier alpha value is -2.48. The number of carbonyl (C=O) groups is 1. The van der Waals surface area contributed by atoms with Gasteiger partial charge in [-0.3, -0.25) is 9.59 Å². The summed E-state index contributed by atoms with van der Waals surface area (Å²) in [6.07, 6.45) is 2.90. The molecule has 4 heterocycles. The number of aryl methyl sites for hydroxylation is 2. The summed E-state index contributed by atoms with van der Waals surface area (Å²) in [5.74, 6) is 1.05. The highest BCUT2D eigenvalue weighted by atomic mass is 16.5. The van der Waals surface area contributed by atoms with Gasteiger partial charge in [-0.25, -0.2) is 4.98 Å². The molecule has 2 aromatic rings. The van der Waals surface area contributed by atoms with Crippen molar-refractivity contribution in [3.05, 3.63) is 44.5 Å². The maximum Gasteiger partial charge on any atom is 0.276 e. The zero-order valence-electron chi connectivity index (χ0n) is 15.2. The van der Waals surface area contributed by atoms with Gasteiger partial charge in [-0.15, -0.1) is 0 Å². The molecule has 0 radical (unpaired) electrons. The van der Waals surface area contributed by atoms with Crippen molar-refractivity contribution in [3.8, 4) is 0 Å². The summed E-state index contributed by atoms with van der Waals surface area (Å²) in [7, 11) is 1.58. The molecule has 138 valence electrons. The van der Waals surface area contributed by atoms with E-state index in [0.717, 1.165) is 18.5 Å². The van der Waals surface area contributed by atoms with Crippen LogP contribution in [-0.4, -0.2) is 45.1 Å². The van der Waals surface area contributed by atoms with Crippen LogP contribution in [0.4, 0.5) is 0 Å². The summed E-state index contributed by atoms with van der Waals surface area (Å²) in [6, 6.07) is 0.00149. The molecule has 2 atom stereocenters. The number of H-pyrrole nitrogens is 1. The monoisotopic (exact) mass is 358 g/mol. The molecule has 0 aliphatic carbocycles. The first kappa shape index (κ1) is 17.0. The van der Waals surface area contributed by atoms with Gasteiger partial charge in [0, 0.05) is 37.6 Å². The molecule has 1 amide bonds. The van der Waals surface area contributed by atoms with Crippen molar-refractivity contribution >= 4 is 5.91 Å². The van der Waals surface area contributed by atoms with Crippen LogP contribution in [0.3, 0.4) is 0 Å². The van der Waals surface area contributed by atoms with Gasteiger partial charge in [0.2, 0.25) is 0 Å². The normalized spacial score (nSPS) is 21.6. The third-order valence-electron chi connectivity index (χ3n) is 5.42. The number of aromatic amines is 1. The summed E-state index contributed by atoms with van der Waals surface area (Å²) < 4.78 is 10.4. The second-order valence-electron chi connectivity index (χ2n) is 7.08. The highest BCUT2D eigenvalue weighted by molar-refractivity contribution is 5.94. The molecule has 0 unspecified atom stereocenters. The Morgan fingerprint density at radius 1 is 1.31 bits per heavy atom. The number of hydrogen-bond acceptors (Lipinski definition) is 6. The SMILES string of the molecule is COCc1c(C(=O)N2[C@@H]3CC[C@H]2Cc2nc(C)[nH]c(=O)c2C3)noc1C. The number of nitrogens with zero attached hydrogens (tertiary/aromatic N) is 3. The van der Waals surface area contributed by atoms with E-state index in [-0.39, 0.29) is 30.2 Å². The minimum atomic E-state index is -0.151. The minimum Gasteiger partial charge on any atom is -0.380 e. The van der Waals surface area contributed by atoms with E-state index in [1.807, 2.05) is 4.90 Å². The van der Waals surface area contributed by atoms with Crippen LogP contribution >= 0.6 is 0 Å². The van der Waals surface area contributed by atoms with Crippen molar-refractivity contribution in [2.75, 3.05) is 7.11 Å². The lowest BCUT2D eigenvalue weighted by Crippen LogP contribution is -2.42. The van der Waals surface area contributed by atoms with Crippen molar-refractivity contribution < 1.29 is 14.1 Å². The summed E-state index contributed by atoms with van der Waals surface area (Å²) in [4.78, 5) is 34.8. The lowest BCUT2D eigenvalue weighted by Gasteiger charge is -2.27. The van der Waals surface area contributed by atoms with E-state index < -0.39 is 0 Å². The molecule has 0 saturated carbocycles. The van der Waals surface area contributed by atoms with E-state index in [1.165, 1.54) is 0 Å². The highest BCUT2D eigenvalue weighted by Gasteiger charge is 2.42. The van der Waals surface area contributed by atoms with Crippen LogP contribution in [0.25, 0.3) is 0 Å². The topological polar surface area (TPSA) is 101 Å². The number of amides is 1. The average molecular weight is 358 g/mol. The predicted molar refractivity (Wildman–Crippen MR) is 91.9 cm³/mol. The van der Waals surface area contributed by atoms with Gasteiger partial charge in [0.1, 0.15) is 11.6 Å². The Kier molecular flexibility index (Phi) is 4.14. The maximum absolute atomic E-state index is 13.3. The van der Waals surface area contributed by atoms with Gasteiger partial charge in [-0.05, 0) is 26.7 Å². The number of aromatic nitrogens is 3. The highest BCUT2D eigenvalue weighted by Crippen LogP contribution is 2.34. The molecule has 2 bridgehead atoms. The van der Waals surface area contributed by atoms with Crippen molar-refractivity contribution in [1.29, 1.82) is 0 Å². The molecule has 2 aliphatic heterocycles. The molecule has 1 N–H and O–H groups in total. The third-order valence-corrected chi connectivity index (χ3v) is 5.42. The third kappa shape index (κ3) is 2.65. The van der Waals surface area contributed by atoms with E-state index in [1.54, 1.807) is 21.0 Å². The molecular formula is C18H22N4O4. The molecule has 2 aliphatic rings. The number of carbonyl (C=O) groups excluding carboxylic acids is 1. The molecule has 0 spiro atoms.